The van der Waals surface area contributed by atoms with E-state index >= 15 is 0 Å². The Morgan fingerprint density at radius 3 is 2.62 bits per heavy atom. The predicted molar refractivity (Wildman–Crippen MR) is 55.6 cm³/mol. The van der Waals surface area contributed by atoms with E-state index < -0.39 is 0 Å². The van der Waals surface area contributed by atoms with Crippen LogP contribution in [-0.2, 0) is 0 Å². The van der Waals surface area contributed by atoms with Gasteiger partial charge in [0.2, 0.25) is 0 Å². The van der Waals surface area contributed by atoms with Crippen LogP contribution < -0.4 is 5.32 Å². The minimum absolute atomic E-state index is 0.395. The first-order chi connectivity index (χ1) is 6.31. The normalized spacial score (nSPS) is 30.2. The highest BCUT2D eigenvalue weighted by atomic mass is 15.2. The third-order valence-electron chi connectivity index (χ3n) is 3.57. The summed E-state index contributed by atoms with van der Waals surface area (Å²) in [5, 5.41) is 3.40. The summed E-state index contributed by atoms with van der Waals surface area (Å²) in [5.41, 5.74) is 0.395. The van der Waals surface area contributed by atoms with Crippen molar-refractivity contribution < 1.29 is 0 Å². The highest BCUT2D eigenvalue weighted by molar-refractivity contribution is 5.03. The van der Waals surface area contributed by atoms with Gasteiger partial charge in [-0.3, -0.25) is 4.90 Å². The molecule has 2 heteroatoms. The molecule has 2 nitrogen and oxygen atoms in total. The number of likely N-dealkylation sites (tertiary alicyclic amines) is 1. The first-order valence-electron chi connectivity index (χ1n) is 5.61. The van der Waals surface area contributed by atoms with Crippen LogP contribution in [0.1, 0.15) is 32.6 Å². The second-order valence-corrected chi connectivity index (χ2v) is 4.56. The molecule has 13 heavy (non-hydrogen) atoms. The van der Waals surface area contributed by atoms with Crippen molar-refractivity contribution in [3.05, 3.63) is 6.42 Å². The van der Waals surface area contributed by atoms with Crippen molar-refractivity contribution in [1.82, 2.24) is 10.2 Å². The van der Waals surface area contributed by atoms with Gasteiger partial charge in [-0.2, -0.15) is 0 Å². The van der Waals surface area contributed by atoms with Gasteiger partial charge in [-0.05, 0) is 52.2 Å². The van der Waals surface area contributed by atoms with Crippen LogP contribution in [-0.4, -0.2) is 36.6 Å². The van der Waals surface area contributed by atoms with Gasteiger partial charge in [0.15, 0.2) is 0 Å². The summed E-state index contributed by atoms with van der Waals surface area (Å²) in [7, 11) is 0. The summed E-state index contributed by atoms with van der Waals surface area (Å²) in [6.45, 7) is 7.30. The smallest absolute Gasteiger partial charge is 0.0237 e. The van der Waals surface area contributed by atoms with E-state index in [9.17, 15) is 0 Å². The standard InChI is InChI=1S/C11H21N2/c1-11(5-7-12-8-6-11)13-9-3-2-4-10-13/h5,12H,2-4,6-10H2,1H3. The molecule has 2 saturated heterocycles. The maximum Gasteiger partial charge on any atom is 0.0237 e. The van der Waals surface area contributed by atoms with Crippen molar-refractivity contribution in [3.63, 3.8) is 0 Å². The maximum atomic E-state index is 3.40. The topological polar surface area (TPSA) is 15.3 Å². The van der Waals surface area contributed by atoms with Crippen molar-refractivity contribution >= 4 is 0 Å². The summed E-state index contributed by atoms with van der Waals surface area (Å²) in [6.07, 6.45) is 7.98. The Morgan fingerprint density at radius 2 is 2.00 bits per heavy atom. The number of piperidine rings is 2. The fourth-order valence-corrected chi connectivity index (χ4v) is 2.53. The summed E-state index contributed by atoms with van der Waals surface area (Å²) in [6, 6.07) is 0. The Morgan fingerprint density at radius 1 is 1.23 bits per heavy atom. The third-order valence-corrected chi connectivity index (χ3v) is 3.57. The molecule has 1 atom stereocenters. The zero-order valence-corrected chi connectivity index (χ0v) is 8.68. The monoisotopic (exact) mass is 181 g/mol. The molecule has 75 valence electrons. The van der Waals surface area contributed by atoms with Gasteiger partial charge in [-0.1, -0.05) is 6.42 Å². The molecule has 2 heterocycles. The van der Waals surface area contributed by atoms with Crippen LogP contribution in [0.15, 0.2) is 0 Å². The zero-order valence-electron chi connectivity index (χ0n) is 8.68. The lowest BCUT2D eigenvalue weighted by Gasteiger charge is -2.45. The quantitative estimate of drug-likeness (QED) is 0.658. The van der Waals surface area contributed by atoms with E-state index in [-0.39, 0.29) is 0 Å². The molecule has 0 saturated carbocycles. The molecule has 0 aromatic heterocycles. The molecule has 1 N–H and O–H groups in total. The Hall–Kier alpha value is -0.0800. The number of hydrogen-bond acceptors (Lipinski definition) is 2. The highest BCUT2D eigenvalue weighted by Gasteiger charge is 2.33. The Balaban J connectivity index is 1.94. The van der Waals surface area contributed by atoms with Gasteiger partial charge in [0.1, 0.15) is 0 Å². The molecule has 0 aliphatic carbocycles. The largest absolute Gasteiger partial charge is 0.316 e. The molecule has 2 fully saturated rings. The van der Waals surface area contributed by atoms with Crippen LogP contribution in [0.3, 0.4) is 0 Å². The molecule has 2 aliphatic heterocycles. The van der Waals surface area contributed by atoms with Crippen molar-refractivity contribution in [3.8, 4) is 0 Å². The Labute approximate surface area is 81.7 Å². The average molecular weight is 181 g/mol. The molecule has 2 rings (SSSR count). The molecule has 0 aromatic rings. The number of rotatable bonds is 1. The van der Waals surface area contributed by atoms with Crippen LogP contribution in [0.4, 0.5) is 0 Å². The minimum atomic E-state index is 0.395. The second-order valence-electron chi connectivity index (χ2n) is 4.56. The summed E-state index contributed by atoms with van der Waals surface area (Å²) >= 11 is 0. The van der Waals surface area contributed by atoms with Gasteiger partial charge in [0, 0.05) is 12.1 Å². The van der Waals surface area contributed by atoms with E-state index in [1.807, 2.05) is 0 Å². The van der Waals surface area contributed by atoms with Crippen molar-refractivity contribution in [2.45, 2.75) is 38.1 Å². The van der Waals surface area contributed by atoms with E-state index in [0.29, 0.717) is 5.54 Å². The Bertz CT molecular complexity index is 155. The third kappa shape index (κ3) is 2.05. The molecule has 2 aliphatic rings. The number of hydrogen-bond donors (Lipinski definition) is 1. The van der Waals surface area contributed by atoms with Gasteiger partial charge in [0.25, 0.3) is 0 Å². The lowest BCUT2D eigenvalue weighted by Crippen LogP contribution is -2.54. The predicted octanol–water partition coefficient (Wildman–Crippen LogP) is 1.43. The molecule has 1 radical (unpaired) electrons. The number of nitrogens with zero attached hydrogens (tertiary/aromatic N) is 1. The van der Waals surface area contributed by atoms with Crippen LogP contribution in [0, 0.1) is 6.42 Å². The van der Waals surface area contributed by atoms with E-state index in [4.69, 9.17) is 0 Å². The maximum absolute atomic E-state index is 3.40. The molecule has 0 aromatic carbocycles. The lowest BCUT2D eigenvalue weighted by atomic mass is 9.87. The zero-order chi connectivity index (χ0) is 9.15. The van der Waals surface area contributed by atoms with E-state index in [1.54, 1.807) is 0 Å². The molecule has 0 spiro atoms. The minimum Gasteiger partial charge on any atom is -0.316 e. The lowest BCUT2D eigenvalue weighted by molar-refractivity contribution is 0.0880. The Kier molecular flexibility index (Phi) is 2.89. The van der Waals surface area contributed by atoms with Gasteiger partial charge in [0.05, 0.1) is 0 Å². The molecule has 0 amide bonds. The van der Waals surface area contributed by atoms with Crippen molar-refractivity contribution in [1.29, 1.82) is 0 Å². The van der Waals surface area contributed by atoms with Gasteiger partial charge in [-0.25, -0.2) is 0 Å². The molecule has 1 unspecified atom stereocenters. The fourth-order valence-electron chi connectivity index (χ4n) is 2.53. The first kappa shape index (κ1) is 9.47. The van der Waals surface area contributed by atoms with Crippen molar-refractivity contribution in [2.75, 3.05) is 26.2 Å². The van der Waals surface area contributed by atoms with Gasteiger partial charge in [-0.15, -0.1) is 0 Å². The fraction of sp³-hybridized carbons (Fsp3) is 0.909. The SMILES string of the molecule is CC1(N2CCCCC2)[CH]CNCC1. The first-order valence-corrected chi connectivity index (χ1v) is 5.61. The van der Waals surface area contributed by atoms with Crippen LogP contribution in [0.5, 0.6) is 0 Å². The van der Waals surface area contributed by atoms with Gasteiger partial charge >= 0.3 is 0 Å². The van der Waals surface area contributed by atoms with E-state index in [2.05, 4.69) is 23.6 Å². The summed E-state index contributed by atoms with van der Waals surface area (Å²) in [5.74, 6) is 0. The molecular formula is C11H21N2. The number of nitrogens with one attached hydrogen (secondary N) is 1. The average Bonchev–Trinajstić information content (AvgIpc) is 2.20. The second kappa shape index (κ2) is 3.97. The van der Waals surface area contributed by atoms with Gasteiger partial charge < -0.3 is 5.32 Å². The van der Waals surface area contributed by atoms with E-state index in [0.717, 1.165) is 6.54 Å². The van der Waals surface area contributed by atoms with Crippen LogP contribution in [0.25, 0.3) is 0 Å². The van der Waals surface area contributed by atoms with Crippen molar-refractivity contribution in [2.24, 2.45) is 0 Å². The van der Waals surface area contributed by atoms with Crippen LogP contribution in [0.2, 0.25) is 0 Å². The van der Waals surface area contributed by atoms with E-state index in [1.165, 1.54) is 45.3 Å². The molecular weight excluding hydrogens is 160 g/mol. The highest BCUT2D eigenvalue weighted by Crippen LogP contribution is 2.27. The molecule has 0 bridgehead atoms. The van der Waals surface area contributed by atoms with Crippen LogP contribution >= 0.6 is 0 Å². The summed E-state index contributed by atoms with van der Waals surface area (Å²) < 4.78 is 0. The summed E-state index contributed by atoms with van der Waals surface area (Å²) in [4.78, 5) is 2.68.